The number of nitrogens with zero attached hydrogens (tertiary/aromatic N) is 1. The first-order chi connectivity index (χ1) is 12.2. The second kappa shape index (κ2) is 6.62. The summed E-state index contributed by atoms with van der Waals surface area (Å²) in [5.74, 6) is 0. The molecule has 3 aromatic carbocycles. The number of halogens is 1. The largest absolute Gasteiger partial charge is 0.314 e. The lowest BCUT2D eigenvalue weighted by Crippen LogP contribution is -1.98. The van der Waals surface area contributed by atoms with Crippen LogP contribution in [0.2, 0.25) is 5.02 Å². The number of hydrogen-bond acceptors (Lipinski definition) is 0. The molecule has 0 saturated heterocycles. The van der Waals surface area contributed by atoms with Gasteiger partial charge in [0, 0.05) is 16.4 Å². The van der Waals surface area contributed by atoms with Crippen molar-refractivity contribution < 1.29 is 0 Å². The molecule has 0 aliphatic heterocycles. The van der Waals surface area contributed by atoms with Crippen molar-refractivity contribution in [3.05, 3.63) is 102 Å². The van der Waals surface area contributed by atoms with E-state index in [-0.39, 0.29) is 0 Å². The van der Waals surface area contributed by atoms with Crippen LogP contribution < -0.4 is 0 Å². The van der Waals surface area contributed by atoms with Gasteiger partial charge in [-0.3, -0.25) is 0 Å². The van der Waals surface area contributed by atoms with Crippen LogP contribution in [0.15, 0.2) is 91.0 Å². The van der Waals surface area contributed by atoms with Gasteiger partial charge in [0.25, 0.3) is 0 Å². The van der Waals surface area contributed by atoms with Gasteiger partial charge in [0.1, 0.15) is 0 Å². The lowest BCUT2D eigenvalue weighted by molar-refractivity contribution is 1.02. The fourth-order valence-corrected chi connectivity index (χ4v) is 3.29. The van der Waals surface area contributed by atoms with Gasteiger partial charge in [-0.25, -0.2) is 0 Å². The average molecular weight is 344 g/mol. The van der Waals surface area contributed by atoms with Crippen molar-refractivity contribution >= 4 is 11.6 Å². The van der Waals surface area contributed by atoms with Crippen molar-refractivity contribution in [2.75, 3.05) is 0 Å². The standard InChI is InChI=1S/C23H18ClN/c1-17-7-16-23(25(17)22-14-12-21(24)13-15-22)20-10-8-19(9-11-20)18-5-3-2-4-6-18/h2-16H,1H3. The van der Waals surface area contributed by atoms with Crippen LogP contribution >= 0.6 is 11.6 Å². The summed E-state index contributed by atoms with van der Waals surface area (Å²) in [6.07, 6.45) is 0. The van der Waals surface area contributed by atoms with E-state index < -0.39 is 0 Å². The Morgan fingerprint density at radius 1 is 0.600 bits per heavy atom. The maximum absolute atomic E-state index is 6.04. The quantitative estimate of drug-likeness (QED) is 0.386. The van der Waals surface area contributed by atoms with Crippen LogP contribution in [0.1, 0.15) is 5.69 Å². The molecule has 4 rings (SSSR count). The van der Waals surface area contributed by atoms with E-state index in [9.17, 15) is 0 Å². The van der Waals surface area contributed by atoms with Crippen LogP contribution in [0.3, 0.4) is 0 Å². The van der Waals surface area contributed by atoms with Crippen LogP contribution in [0, 0.1) is 6.92 Å². The molecule has 0 atom stereocenters. The fraction of sp³-hybridized carbons (Fsp3) is 0.0435. The molecular formula is C23H18ClN. The molecule has 0 aliphatic carbocycles. The van der Waals surface area contributed by atoms with Gasteiger partial charge in [-0.05, 0) is 60.0 Å². The molecule has 1 aromatic heterocycles. The van der Waals surface area contributed by atoms with Gasteiger partial charge < -0.3 is 4.57 Å². The first-order valence-corrected chi connectivity index (χ1v) is 8.70. The zero-order valence-corrected chi connectivity index (χ0v) is 14.7. The first kappa shape index (κ1) is 15.7. The summed E-state index contributed by atoms with van der Waals surface area (Å²) in [4.78, 5) is 0. The molecule has 1 nitrogen and oxygen atoms in total. The van der Waals surface area contributed by atoms with Gasteiger partial charge in [0.15, 0.2) is 0 Å². The highest BCUT2D eigenvalue weighted by Gasteiger charge is 2.10. The van der Waals surface area contributed by atoms with Gasteiger partial charge >= 0.3 is 0 Å². The molecule has 0 amide bonds. The highest BCUT2D eigenvalue weighted by atomic mass is 35.5. The maximum Gasteiger partial charge on any atom is 0.0531 e. The smallest absolute Gasteiger partial charge is 0.0531 e. The van der Waals surface area contributed by atoms with E-state index in [0.717, 1.165) is 10.7 Å². The first-order valence-electron chi connectivity index (χ1n) is 8.32. The molecule has 0 radical (unpaired) electrons. The van der Waals surface area contributed by atoms with Gasteiger partial charge in [0.05, 0.1) is 5.69 Å². The van der Waals surface area contributed by atoms with Gasteiger partial charge in [-0.2, -0.15) is 0 Å². The van der Waals surface area contributed by atoms with Crippen LogP contribution in [-0.4, -0.2) is 4.57 Å². The minimum absolute atomic E-state index is 0.752. The molecule has 0 N–H and O–H groups in total. The van der Waals surface area contributed by atoms with E-state index in [2.05, 4.69) is 84.3 Å². The van der Waals surface area contributed by atoms with E-state index in [4.69, 9.17) is 11.6 Å². The number of hydrogen-bond donors (Lipinski definition) is 0. The third-order valence-corrected chi connectivity index (χ3v) is 4.70. The molecule has 0 bridgehead atoms. The molecule has 1 heterocycles. The molecule has 0 fully saturated rings. The summed E-state index contributed by atoms with van der Waals surface area (Å²) in [6, 6.07) is 31.5. The molecule has 122 valence electrons. The van der Waals surface area contributed by atoms with Crippen molar-refractivity contribution in [2.24, 2.45) is 0 Å². The highest BCUT2D eigenvalue weighted by molar-refractivity contribution is 6.30. The third kappa shape index (κ3) is 3.11. The van der Waals surface area contributed by atoms with E-state index in [0.29, 0.717) is 0 Å². The predicted molar refractivity (Wildman–Crippen MR) is 106 cm³/mol. The summed E-state index contributed by atoms with van der Waals surface area (Å²) in [5.41, 5.74) is 7.16. The van der Waals surface area contributed by atoms with E-state index in [1.807, 2.05) is 18.2 Å². The monoisotopic (exact) mass is 343 g/mol. The molecule has 2 heteroatoms. The van der Waals surface area contributed by atoms with E-state index in [1.54, 1.807) is 0 Å². The van der Waals surface area contributed by atoms with Gasteiger partial charge in [0.2, 0.25) is 0 Å². The Morgan fingerprint density at radius 2 is 1.20 bits per heavy atom. The van der Waals surface area contributed by atoms with Crippen LogP contribution in [-0.2, 0) is 0 Å². The topological polar surface area (TPSA) is 4.93 Å². The van der Waals surface area contributed by atoms with Crippen molar-refractivity contribution in [3.63, 3.8) is 0 Å². The van der Waals surface area contributed by atoms with Crippen molar-refractivity contribution in [1.82, 2.24) is 4.57 Å². The van der Waals surface area contributed by atoms with E-state index >= 15 is 0 Å². The van der Waals surface area contributed by atoms with Crippen LogP contribution in [0.4, 0.5) is 0 Å². The molecule has 0 aliphatic rings. The lowest BCUT2D eigenvalue weighted by Gasteiger charge is -2.13. The van der Waals surface area contributed by atoms with Gasteiger partial charge in [-0.1, -0.05) is 66.2 Å². The summed E-state index contributed by atoms with van der Waals surface area (Å²) in [5, 5.41) is 0.752. The zero-order valence-electron chi connectivity index (χ0n) is 14.0. The number of rotatable bonds is 3. The Hall–Kier alpha value is -2.77. The zero-order chi connectivity index (χ0) is 17.2. The molecular weight excluding hydrogens is 326 g/mol. The van der Waals surface area contributed by atoms with Crippen LogP contribution in [0.5, 0.6) is 0 Å². The molecule has 4 aromatic rings. The van der Waals surface area contributed by atoms with Crippen molar-refractivity contribution in [3.8, 4) is 28.1 Å². The molecule has 0 unspecified atom stereocenters. The average Bonchev–Trinajstić information content (AvgIpc) is 3.05. The second-order valence-electron chi connectivity index (χ2n) is 6.12. The van der Waals surface area contributed by atoms with E-state index in [1.165, 1.54) is 28.1 Å². The molecule has 25 heavy (non-hydrogen) atoms. The maximum atomic E-state index is 6.04. The Morgan fingerprint density at radius 3 is 1.88 bits per heavy atom. The number of aromatic nitrogens is 1. The number of aryl methyl sites for hydroxylation is 1. The molecule has 0 spiro atoms. The summed E-state index contributed by atoms with van der Waals surface area (Å²) >= 11 is 6.04. The van der Waals surface area contributed by atoms with Crippen LogP contribution in [0.25, 0.3) is 28.1 Å². The Bertz CT molecular complexity index is 981. The minimum atomic E-state index is 0.752. The third-order valence-electron chi connectivity index (χ3n) is 4.45. The summed E-state index contributed by atoms with van der Waals surface area (Å²) < 4.78 is 2.26. The SMILES string of the molecule is Cc1ccc(-c2ccc(-c3ccccc3)cc2)n1-c1ccc(Cl)cc1. The summed E-state index contributed by atoms with van der Waals surface area (Å²) in [7, 11) is 0. The fourth-order valence-electron chi connectivity index (χ4n) is 3.16. The Kier molecular flexibility index (Phi) is 4.17. The normalized spacial score (nSPS) is 10.8. The number of benzene rings is 3. The Balaban J connectivity index is 1.75. The Labute approximate surface area is 153 Å². The summed E-state index contributed by atoms with van der Waals surface area (Å²) in [6.45, 7) is 2.12. The second-order valence-corrected chi connectivity index (χ2v) is 6.55. The highest BCUT2D eigenvalue weighted by Crippen LogP contribution is 2.29. The van der Waals surface area contributed by atoms with Crippen molar-refractivity contribution in [1.29, 1.82) is 0 Å². The lowest BCUT2D eigenvalue weighted by atomic mass is 10.0. The predicted octanol–water partition coefficient (Wildman–Crippen LogP) is 6.77. The van der Waals surface area contributed by atoms with Gasteiger partial charge in [-0.15, -0.1) is 0 Å². The minimum Gasteiger partial charge on any atom is -0.314 e. The van der Waals surface area contributed by atoms with Crippen molar-refractivity contribution in [2.45, 2.75) is 6.92 Å². The molecule has 0 saturated carbocycles.